The zero-order chi connectivity index (χ0) is 23.7. The fourth-order valence-corrected chi connectivity index (χ4v) is 6.45. The van der Waals surface area contributed by atoms with Crippen molar-refractivity contribution in [1.29, 1.82) is 0 Å². The van der Waals surface area contributed by atoms with E-state index in [0.29, 0.717) is 11.8 Å². The van der Waals surface area contributed by atoms with Crippen molar-refractivity contribution in [2.24, 2.45) is 5.92 Å². The van der Waals surface area contributed by atoms with Crippen molar-refractivity contribution in [2.45, 2.75) is 89.6 Å². The predicted octanol–water partition coefficient (Wildman–Crippen LogP) is 5.19. The molecule has 1 aromatic heterocycles. The summed E-state index contributed by atoms with van der Waals surface area (Å²) in [6.45, 7) is 5.46. The molecule has 1 unspecified atom stereocenters. The van der Waals surface area contributed by atoms with Gasteiger partial charge < -0.3 is 10.6 Å². The van der Waals surface area contributed by atoms with Gasteiger partial charge >= 0.3 is 0 Å². The van der Waals surface area contributed by atoms with Crippen molar-refractivity contribution in [2.75, 3.05) is 6.54 Å². The summed E-state index contributed by atoms with van der Waals surface area (Å²) in [4.78, 5) is 12.9. The summed E-state index contributed by atoms with van der Waals surface area (Å²) >= 11 is 0. The third kappa shape index (κ3) is 4.57. The molecular formula is C28H37FN4O. The van der Waals surface area contributed by atoms with Crippen LogP contribution in [0, 0.1) is 11.7 Å². The van der Waals surface area contributed by atoms with E-state index in [9.17, 15) is 9.18 Å². The minimum atomic E-state index is -0.227. The largest absolute Gasteiger partial charge is 0.352 e. The summed E-state index contributed by atoms with van der Waals surface area (Å²) in [7, 11) is 0. The number of benzene rings is 1. The second-order valence-electron chi connectivity index (χ2n) is 10.4. The van der Waals surface area contributed by atoms with Crippen LogP contribution >= 0.6 is 0 Å². The molecule has 2 heterocycles. The second-order valence-corrected chi connectivity index (χ2v) is 10.4. The van der Waals surface area contributed by atoms with Gasteiger partial charge in [0.25, 0.3) is 0 Å². The molecule has 5 nitrogen and oxygen atoms in total. The van der Waals surface area contributed by atoms with Crippen molar-refractivity contribution in [3.63, 3.8) is 0 Å². The minimum absolute atomic E-state index is 0.0278. The van der Waals surface area contributed by atoms with Gasteiger partial charge in [0.2, 0.25) is 5.91 Å². The van der Waals surface area contributed by atoms with Gasteiger partial charge in [0.05, 0.1) is 23.6 Å². The SMILES string of the molecule is CCCC(C[C@H]1CCC2=C1[C@@H](C)c1cnn(-c3ccc(F)cc3)c1C2)NC(=O)[C@H]1CCCCN1. The average Bonchev–Trinajstić information content (AvgIpc) is 3.45. The van der Waals surface area contributed by atoms with Gasteiger partial charge in [-0.25, -0.2) is 9.07 Å². The van der Waals surface area contributed by atoms with Crippen LogP contribution in [0.1, 0.15) is 82.4 Å². The highest BCUT2D eigenvalue weighted by Crippen LogP contribution is 2.48. The molecule has 1 aromatic carbocycles. The highest BCUT2D eigenvalue weighted by molar-refractivity contribution is 5.82. The summed E-state index contributed by atoms with van der Waals surface area (Å²) in [6.07, 6.45) is 11.6. The first-order valence-corrected chi connectivity index (χ1v) is 13.1. The van der Waals surface area contributed by atoms with Gasteiger partial charge in [0.1, 0.15) is 5.82 Å². The van der Waals surface area contributed by atoms with Gasteiger partial charge in [-0.2, -0.15) is 5.10 Å². The Morgan fingerprint density at radius 3 is 2.82 bits per heavy atom. The molecule has 182 valence electrons. The lowest BCUT2D eigenvalue weighted by atomic mass is 9.78. The first-order chi connectivity index (χ1) is 16.5. The molecule has 1 fully saturated rings. The van der Waals surface area contributed by atoms with Crippen LogP contribution in [0.25, 0.3) is 5.69 Å². The third-order valence-corrected chi connectivity index (χ3v) is 8.11. The Morgan fingerprint density at radius 1 is 1.26 bits per heavy atom. The second kappa shape index (κ2) is 10.0. The molecular weight excluding hydrogens is 427 g/mol. The van der Waals surface area contributed by atoms with E-state index < -0.39 is 0 Å². The number of piperidine rings is 1. The van der Waals surface area contributed by atoms with E-state index >= 15 is 0 Å². The maximum atomic E-state index is 13.4. The van der Waals surface area contributed by atoms with Gasteiger partial charge in [-0.1, -0.05) is 37.8 Å². The number of carbonyl (C=O) groups excluding carboxylic acids is 1. The molecule has 2 aliphatic carbocycles. The Kier molecular flexibility index (Phi) is 6.87. The number of hydrogen-bond donors (Lipinski definition) is 2. The summed E-state index contributed by atoms with van der Waals surface area (Å²) in [5.74, 6) is 0.807. The molecule has 0 saturated carbocycles. The number of aromatic nitrogens is 2. The summed E-state index contributed by atoms with van der Waals surface area (Å²) in [5.41, 5.74) is 6.56. The number of fused-ring (bicyclic) bond motifs is 1. The third-order valence-electron chi connectivity index (χ3n) is 8.11. The molecule has 0 bridgehead atoms. The molecule has 4 atom stereocenters. The average molecular weight is 465 g/mol. The van der Waals surface area contributed by atoms with Crippen LogP contribution < -0.4 is 10.6 Å². The molecule has 3 aliphatic rings. The molecule has 6 heteroatoms. The maximum Gasteiger partial charge on any atom is 0.237 e. The summed E-state index contributed by atoms with van der Waals surface area (Å²) in [5, 5.41) is 11.5. The number of nitrogens with one attached hydrogen (secondary N) is 2. The number of rotatable bonds is 7. The molecule has 0 spiro atoms. The molecule has 2 aromatic rings. The Labute approximate surface area is 202 Å². The Bertz CT molecular complexity index is 1050. The molecule has 5 rings (SSSR count). The quantitative estimate of drug-likeness (QED) is 0.554. The lowest BCUT2D eigenvalue weighted by Crippen LogP contribution is -2.50. The topological polar surface area (TPSA) is 59.0 Å². The lowest BCUT2D eigenvalue weighted by Gasteiger charge is -2.31. The van der Waals surface area contributed by atoms with Crippen LogP contribution in [-0.4, -0.2) is 34.3 Å². The van der Waals surface area contributed by atoms with Gasteiger partial charge in [-0.05, 0) is 75.3 Å². The molecule has 1 amide bonds. The number of hydrogen-bond acceptors (Lipinski definition) is 3. The van der Waals surface area contributed by atoms with Crippen LogP contribution in [0.2, 0.25) is 0 Å². The molecule has 0 radical (unpaired) electrons. The van der Waals surface area contributed by atoms with E-state index in [1.807, 2.05) is 10.9 Å². The van der Waals surface area contributed by atoms with Crippen LogP contribution in [0.5, 0.6) is 0 Å². The lowest BCUT2D eigenvalue weighted by molar-refractivity contribution is -0.124. The monoisotopic (exact) mass is 464 g/mol. The number of amides is 1. The van der Waals surface area contributed by atoms with E-state index in [4.69, 9.17) is 0 Å². The highest BCUT2D eigenvalue weighted by Gasteiger charge is 2.37. The van der Waals surface area contributed by atoms with Crippen molar-refractivity contribution < 1.29 is 9.18 Å². The van der Waals surface area contributed by atoms with Gasteiger partial charge in [-0.3, -0.25) is 4.79 Å². The Morgan fingerprint density at radius 2 is 2.09 bits per heavy atom. The summed E-state index contributed by atoms with van der Waals surface area (Å²) < 4.78 is 15.4. The van der Waals surface area contributed by atoms with E-state index in [1.54, 1.807) is 23.3 Å². The van der Waals surface area contributed by atoms with Crippen LogP contribution in [0.4, 0.5) is 4.39 Å². The summed E-state index contributed by atoms with van der Waals surface area (Å²) in [6, 6.07) is 6.80. The Balaban J connectivity index is 1.31. The van der Waals surface area contributed by atoms with Gasteiger partial charge in [0.15, 0.2) is 0 Å². The van der Waals surface area contributed by atoms with Crippen LogP contribution in [0.15, 0.2) is 41.6 Å². The zero-order valence-corrected chi connectivity index (χ0v) is 20.4. The van der Waals surface area contributed by atoms with Crippen molar-refractivity contribution in [1.82, 2.24) is 20.4 Å². The van der Waals surface area contributed by atoms with E-state index in [1.165, 1.54) is 36.2 Å². The van der Waals surface area contributed by atoms with E-state index in [0.717, 1.165) is 57.2 Å². The first kappa shape index (κ1) is 23.3. The first-order valence-electron chi connectivity index (χ1n) is 13.1. The number of carbonyl (C=O) groups is 1. The predicted molar refractivity (Wildman–Crippen MR) is 132 cm³/mol. The molecule has 1 saturated heterocycles. The fraction of sp³-hybridized carbons (Fsp3) is 0.571. The van der Waals surface area contributed by atoms with Crippen molar-refractivity contribution >= 4 is 5.91 Å². The van der Waals surface area contributed by atoms with E-state index in [-0.39, 0.29) is 23.8 Å². The Hall–Kier alpha value is -2.47. The number of nitrogens with zero attached hydrogens (tertiary/aromatic N) is 2. The van der Waals surface area contributed by atoms with Gasteiger partial charge in [0, 0.05) is 23.9 Å². The van der Waals surface area contributed by atoms with E-state index in [2.05, 4.69) is 29.6 Å². The number of allylic oxidation sites excluding steroid dienone is 2. The number of halogens is 1. The van der Waals surface area contributed by atoms with Crippen molar-refractivity contribution in [3.8, 4) is 5.69 Å². The highest BCUT2D eigenvalue weighted by atomic mass is 19.1. The maximum absolute atomic E-state index is 13.4. The zero-order valence-electron chi connectivity index (χ0n) is 20.4. The standard InChI is InChI=1S/C28H37FN4O/c1-3-6-22(32-28(34)25-7-4-5-14-30-25)15-19-8-9-20-16-26-24(18(2)27(19)20)17-31-33(26)23-12-10-21(29)11-13-23/h10-13,17-19,22,25,30H,3-9,14-16H2,1-2H3,(H,32,34)/t18-,19+,22?,25+/m0/s1. The smallest absolute Gasteiger partial charge is 0.237 e. The normalized spacial score (nSPS) is 25.1. The minimum Gasteiger partial charge on any atom is -0.352 e. The van der Waals surface area contributed by atoms with Gasteiger partial charge in [-0.15, -0.1) is 0 Å². The fourth-order valence-electron chi connectivity index (χ4n) is 6.45. The van der Waals surface area contributed by atoms with Crippen LogP contribution in [0.3, 0.4) is 0 Å². The molecule has 34 heavy (non-hydrogen) atoms. The van der Waals surface area contributed by atoms with Crippen molar-refractivity contribution in [3.05, 3.63) is 58.7 Å². The molecule has 1 aliphatic heterocycles. The van der Waals surface area contributed by atoms with Crippen LogP contribution in [-0.2, 0) is 11.2 Å². The molecule has 2 N–H and O–H groups in total.